The Kier molecular flexibility index (Phi) is 3.58. The number of hydrogen-bond acceptors (Lipinski definition) is 4. The summed E-state index contributed by atoms with van der Waals surface area (Å²) in [4.78, 5) is 15.0. The molecule has 1 aromatic carbocycles. The molecule has 0 spiro atoms. The Hall–Kier alpha value is -2.15. The van der Waals surface area contributed by atoms with Crippen LogP contribution in [0.25, 0.3) is 0 Å². The van der Waals surface area contributed by atoms with Crippen molar-refractivity contribution in [3.8, 4) is 6.07 Å². The molecule has 76 valence electrons. The first-order valence-corrected chi connectivity index (χ1v) is 4.36. The van der Waals surface area contributed by atoms with E-state index in [2.05, 4.69) is 9.99 Å². The van der Waals surface area contributed by atoms with Crippen molar-refractivity contribution in [1.29, 1.82) is 5.26 Å². The fourth-order valence-corrected chi connectivity index (χ4v) is 0.999. The summed E-state index contributed by atoms with van der Waals surface area (Å²) in [7, 11) is 0. The molecule has 0 heterocycles. The van der Waals surface area contributed by atoms with E-state index in [1.165, 1.54) is 6.92 Å². The molecule has 1 aromatic rings. The number of hydrogen-bond donors (Lipinski definition) is 0. The molecule has 0 saturated heterocycles. The van der Waals surface area contributed by atoms with Crippen LogP contribution in [-0.2, 0) is 9.63 Å². The van der Waals surface area contributed by atoms with Gasteiger partial charge in [0.25, 0.3) is 0 Å². The molecule has 4 nitrogen and oxygen atoms in total. The highest BCUT2D eigenvalue weighted by atomic mass is 16.7. The minimum absolute atomic E-state index is 0.467. The minimum Gasteiger partial charge on any atom is -0.318 e. The smallest absolute Gasteiger partial charge is 0.318 e. The quantitative estimate of drug-likeness (QED) is 0.417. The van der Waals surface area contributed by atoms with Crippen molar-refractivity contribution in [2.45, 2.75) is 13.8 Å². The van der Waals surface area contributed by atoms with Gasteiger partial charge in [-0.2, -0.15) is 5.26 Å². The van der Waals surface area contributed by atoms with E-state index in [9.17, 15) is 4.79 Å². The molecule has 0 aliphatic heterocycles. The molecule has 1 rings (SSSR count). The molecule has 0 aliphatic carbocycles. The van der Waals surface area contributed by atoms with Crippen molar-refractivity contribution < 1.29 is 9.63 Å². The van der Waals surface area contributed by atoms with E-state index >= 15 is 0 Å². The highest BCUT2D eigenvalue weighted by Gasteiger charge is 2.00. The van der Waals surface area contributed by atoms with Gasteiger partial charge in [0.2, 0.25) is 0 Å². The zero-order valence-corrected chi connectivity index (χ0v) is 8.52. The van der Waals surface area contributed by atoms with Gasteiger partial charge in [0.15, 0.2) is 0 Å². The lowest BCUT2D eigenvalue weighted by molar-refractivity contribution is -0.140. The molecule has 0 radical (unpaired) electrons. The van der Waals surface area contributed by atoms with Gasteiger partial charge in [-0.1, -0.05) is 17.3 Å². The fraction of sp³-hybridized carbons (Fsp3) is 0.182. The molecular weight excluding hydrogens is 192 g/mol. The summed E-state index contributed by atoms with van der Waals surface area (Å²) in [5.41, 5.74) is 1.86. The highest BCUT2D eigenvalue weighted by Crippen LogP contribution is 2.05. The Labute approximate surface area is 87.8 Å². The predicted octanol–water partition coefficient (Wildman–Crippen LogP) is 1.85. The van der Waals surface area contributed by atoms with Crippen LogP contribution < -0.4 is 0 Å². The summed E-state index contributed by atoms with van der Waals surface area (Å²) in [5, 5.41) is 12.3. The Morgan fingerprint density at radius 1 is 1.47 bits per heavy atom. The molecule has 0 fully saturated rings. The normalized spacial score (nSPS) is 10.6. The zero-order chi connectivity index (χ0) is 11.3. The highest BCUT2D eigenvalue weighted by molar-refractivity contribution is 5.98. The number of carbonyl (C=O) groups excluding carboxylic acids is 1. The van der Waals surface area contributed by atoms with Gasteiger partial charge in [0.1, 0.15) is 0 Å². The molecule has 0 unspecified atom stereocenters. The molecular formula is C11H10N2O2. The van der Waals surface area contributed by atoms with Gasteiger partial charge in [-0.3, -0.25) is 0 Å². The maximum Gasteiger partial charge on any atom is 0.331 e. The van der Waals surface area contributed by atoms with Gasteiger partial charge >= 0.3 is 5.97 Å². The number of nitrogens with zero attached hydrogens (tertiary/aromatic N) is 2. The second kappa shape index (κ2) is 4.91. The summed E-state index contributed by atoms with van der Waals surface area (Å²) < 4.78 is 0. The van der Waals surface area contributed by atoms with E-state index in [0.717, 1.165) is 5.56 Å². The van der Waals surface area contributed by atoms with Crippen LogP contribution in [0.1, 0.15) is 25.0 Å². The first kappa shape index (κ1) is 10.9. The maximum atomic E-state index is 10.5. The molecule has 15 heavy (non-hydrogen) atoms. The van der Waals surface area contributed by atoms with E-state index in [0.29, 0.717) is 11.3 Å². The van der Waals surface area contributed by atoms with Crippen LogP contribution in [-0.4, -0.2) is 11.7 Å². The number of benzene rings is 1. The molecule has 0 aliphatic rings. The van der Waals surface area contributed by atoms with Gasteiger partial charge in [-0.05, 0) is 19.1 Å². The third-order valence-electron chi connectivity index (χ3n) is 1.72. The Balaban J connectivity index is 2.91. The van der Waals surface area contributed by atoms with Crippen molar-refractivity contribution in [2.75, 3.05) is 0 Å². The van der Waals surface area contributed by atoms with Gasteiger partial charge < -0.3 is 4.84 Å². The SMILES string of the molecule is CC(=O)O/N=C(\C)c1cccc(C#N)c1. The number of carbonyl (C=O) groups is 1. The third-order valence-corrected chi connectivity index (χ3v) is 1.72. The van der Waals surface area contributed by atoms with Gasteiger partial charge in [-0.25, -0.2) is 4.79 Å². The number of oxime groups is 1. The summed E-state index contributed by atoms with van der Waals surface area (Å²) in [6, 6.07) is 8.95. The van der Waals surface area contributed by atoms with Crippen LogP contribution in [0, 0.1) is 11.3 Å². The second-order valence-corrected chi connectivity index (χ2v) is 2.95. The molecule has 0 bridgehead atoms. The van der Waals surface area contributed by atoms with Crippen molar-refractivity contribution in [3.63, 3.8) is 0 Å². The summed E-state index contributed by atoms with van der Waals surface area (Å²) >= 11 is 0. The predicted molar refractivity (Wildman–Crippen MR) is 55.1 cm³/mol. The first-order valence-electron chi connectivity index (χ1n) is 4.36. The average Bonchev–Trinajstić information content (AvgIpc) is 2.26. The van der Waals surface area contributed by atoms with Crippen molar-refractivity contribution in [1.82, 2.24) is 0 Å². The second-order valence-electron chi connectivity index (χ2n) is 2.95. The van der Waals surface area contributed by atoms with Crippen LogP contribution in [0.5, 0.6) is 0 Å². The Morgan fingerprint density at radius 3 is 2.80 bits per heavy atom. The number of rotatable bonds is 2. The average molecular weight is 202 g/mol. The van der Waals surface area contributed by atoms with E-state index in [-0.39, 0.29) is 0 Å². The lowest BCUT2D eigenvalue weighted by atomic mass is 10.1. The van der Waals surface area contributed by atoms with Crippen molar-refractivity contribution in [2.24, 2.45) is 5.16 Å². The minimum atomic E-state index is -0.467. The van der Waals surface area contributed by atoms with Crippen LogP contribution in [0.15, 0.2) is 29.4 Å². The summed E-state index contributed by atoms with van der Waals surface area (Å²) in [5.74, 6) is -0.467. The molecule has 0 amide bonds. The van der Waals surface area contributed by atoms with Crippen molar-refractivity contribution >= 4 is 11.7 Å². The van der Waals surface area contributed by atoms with Crippen LogP contribution in [0.4, 0.5) is 0 Å². The van der Waals surface area contributed by atoms with E-state index in [1.54, 1.807) is 31.2 Å². The van der Waals surface area contributed by atoms with Crippen LogP contribution >= 0.6 is 0 Å². The van der Waals surface area contributed by atoms with Gasteiger partial charge in [-0.15, -0.1) is 0 Å². The number of nitriles is 1. The van der Waals surface area contributed by atoms with Crippen LogP contribution in [0.3, 0.4) is 0 Å². The lowest BCUT2D eigenvalue weighted by Gasteiger charge is -1.99. The fourth-order valence-electron chi connectivity index (χ4n) is 0.999. The molecule has 0 N–H and O–H groups in total. The molecule has 0 atom stereocenters. The van der Waals surface area contributed by atoms with E-state index in [1.807, 2.05) is 6.07 Å². The Bertz CT molecular complexity index is 444. The standard InChI is InChI=1S/C11H10N2O2/c1-8(13-15-9(2)14)11-5-3-4-10(6-11)7-12/h3-6H,1-2H3/b13-8+. The van der Waals surface area contributed by atoms with Gasteiger partial charge in [0, 0.05) is 12.5 Å². The summed E-state index contributed by atoms with van der Waals surface area (Å²) in [6.07, 6.45) is 0. The van der Waals surface area contributed by atoms with Crippen molar-refractivity contribution in [3.05, 3.63) is 35.4 Å². The lowest BCUT2D eigenvalue weighted by Crippen LogP contribution is -1.99. The molecule has 4 heteroatoms. The molecule has 0 aromatic heterocycles. The molecule has 0 saturated carbocycles. The van der Waals surface area contributed by atoms with Crippen LogP contribution in [0.2, 0.25) is 0 Å². The monoisotopic (exact) mass is 202 g/mol. The van der Waals surface area contributed by atoms with E-state index < -0.39 is 5.97 Å². The summed E-state index contributed by atoms with van der Waals surface area (Å²) in [6.45, 7) is 2.99. The first-order chi connectivity index (χ1) is 7.13. The van der Waals surface area contributed by atoms with Gasteiger partial charge in [0.05, 0.1) is 17.3 Å². The third kappa shape index (κ3) is 3.24. The topological polar surface area (TPSA) is 62.4 Å². The van der Waals surface area contributed by atoms with E-state index in [4.69, 9.17) is 5.26 Å². The zero-order valence-electron chi connectivity index (χ0n) is 8.52. The maximum absolute atomic E-state index is 10.5. The Morgan fingerprint density at radius 2 is 2.20 bits per heavy atom. The largest absolute Gasteiger partial charge is 0.331 e.